The number of allylic oxidation sites excluding steroid dienone is 4. The summed E-state index contributed by atoms with van der Waals surface area (Å²) in [6.45, 7) is 6.39. The van der Waals surface area contributed by atoms with E-state index >= 15 is 0 Å². The van der Waals surface area contributed by atoms with Crippen LogP contribution >= 0.6 is 0 Å². The van der Waals surface area contributed by atoms with Gasteiger partial charge in [0.05, 0.1) is 20.2 Å². The van der Waals surface area contributed by atoms with Crippen molar-refractivity contribution < 1.29 is 29.3 Å². The fourth-order valence-corrected chi connectivity index (χ4v) is 6.03. The average Bonchev–Trinajstić information content (AvgIpc) is 3.04. The van der Waals surface area contributed by atoms with Gasteiger partial charge in [-0.05, 0) is 42.2 Å². The fraction of sp³-hybridized carbons (Fsp3) is 0.382. The van der Waals surface area contributed by atoms with Crippen LogP contribution in [0.2, 0.25) is 0 Å². The number of hydrogen-bond donors (Lipinski definition) is 3. The molecule has 0 bridgehead atoms. The van der Waals surface area contributed by atoms with Crippen LogP contribution in [0.4, 0.5) is 0 Å². The number of piperazine rings is 1. The van der Waals surface area contributed by atoms with E-state index in [1.807, 2.05) is 79.7 Å². The quantitative estimate of drug-likeness (QED) is 0.217. The first kappa shape index (κ1) is 33.6. The standard InChI is InChI=1S/C34H43N5O6/c1-5-7-11-25(6-2)28(26-12-9-8-10-13-26)21-37-22-30-38(29(33(37)43)18-19-32(41)42)31(40)23-36(3)39(30)34(44)35-20-24-14-16-27(45-4)17-15-24/h5-17,28-30,34-35,44H,1,18-23H2,2-4H3,(H,41,42)/b11-7-,25-6+/t28?,29-,30-,34?/m0/s1. The van der Waals surface area contributed by atoms with Gasteiger partial charge in [-0.3, -0.25) is 19.7 Å². The maximum Gasteiger partial charge on any atom is 0.303 e. The summed E-state index contributed by atoms with van der Waals surface area (Å²) in [4.78, 5) is 42.4. The Labute approximate surface area is 264 Å². The number of carbonyl (C=O) groups excluding carboxylic acids is 2. The predicted octanol–water partition coefficient (Wildman–Crippen LogP) is 2.93. The molecule has 0 saturated carbocycles. The molecule has 2 unspecified atom stereocenters. The van der Waals surface area contributed by atoms with Gasteiger partial charge >= 0.3 is 5.97 Å². The molecule has 4 atom stereocenters. The Morgan fingerprint density at radius 3 is 2.49 bits per heavy atom. The molecule has 45 heavy (non-hydrogen) atoms. The Kier molecular flexibility index (Phi) is 11.7. The zero-order chi connectivity index (χ0) is 32.5. The Morgan fingerprint density at radius 2 is 1.87 bits per heavy atom. The third kappa shape index (κ3) is 8.06. The molecule has 2 saturated heterocycles. The molecule has 0 spiro atoms. The van der Waals surface area contributed by atoms with Gasteiger partial charge in [0.15, 0.2) is 6.35 Å². The van der Waals surface area contributed by atoms with Crippen LogP contribution in [-0.2, 0) is 20.9 Å². The third-order valence-electron chi connectivity index (χ3n) is 8.28. The van der Waals surface area contributed by atoms with Gasteiger partial charge in [-0.1, -0.05) is 73.3 Å². The van der Waals surface area contributed by atoms with Gasteiger partial charge in [0, 0.05) is 32.5 Å². The van der Waals surface area contributed by atoms with Gasteiger partial charge < -0.3 is 24.7 Å². The zero-order valence-electron chi connectivity index (χ0n) is 26.1. The number of likely N-dealkylation sites (N-methyl/N-ethyl adjacent to an activating group) is 1. The summed E-state index contributed by atoms with van der Waals surface area (Å²) in [7, 11) is 3.31. The normalized spacial score (nSPS) is 21.1. The van der Waals surface area contributed by atoms with Gasteiger partial charge in [0.2, 0.25) is 11.8 Å². The largest absolute Gasteiger partial charge is 0.497 e. The van der Waals surface area contributed by atoms with Crippen molar-refractivity contribution in [2.75, 3.05) is 33.8 Å². The topological polar surface area (TPSA) is 126 Å². The zero-order valence-corrected chi connectivity index (χ0v) is 26.1. The van der Waals surface area contributed by atoms with E-state index < -0.39 is 24.5 Å². The number of carboxylic acid groups (broad SMARTS) is 1. The molecule has 2 amide bonds. The SMILES string of the molecule is C=C/C=C\C(=C/C)C(CN1C[C@H]2N(C(=O)CN(C)N2C(O)NCc2ccc(OC)cc2)[C@@H](CCC(=O)O)C1=O)c1ccccc1. The molecule has 11 heteroatoms. The number of aliphatic hydroxyl groups excluding tert-OH is 1. The summed E-state index contributed by atoms with van der Waals surface area (Å²) in [6, 6.07) is 16.3. The molecule has 240 valence electrons. The van der Waals surface area contributed by atoms with E-state index in [9.17, 15) is 24.6 Å². The molecule has 2 aromatic carbocycles. The van der Waals surface area contributed by atoms with Crippen LogP contribution < -0.4 is 10.1 Å². The Morgan fingerprint density at radius 1 is 1.16 bits per heavy atom. The van der Waals surface area contributed by atoms with Gasteiger partial charge in [-0.2, -0.15) is 5.01 Å². The van der Waals surface area contributed by atoms with Crippen LogP contribution in [0, 0.1) is 0 Å². The summed E-state index contributed by atoms with van der Waals surface area (Å²) in [5.41, 5.74) is 2.90. The fourth-order valence-electron chi connectivity index (χ4n) is 6.03. The minimum absolute atomic E-state index is 0.0390. The number of rotatable bonds is 14. The van der Waals surface area contributed by atoms with Crippen molar-refractivity contribution in [2.24, 2.45) is 0 Å². The van der Waals surface area contributed by atoms with E-state index in [-0.39, 0.29) is 43.7 Å². The minimum Gasteiger partial charge on any atom is -0.497 e. The van der Waals surface area contributed by atoms with Crippen molar-refractivity contribution in [3.63, 3.8) is 0 Å². The van der Waals surface area contributed by atoms with Crippen LogP contribution in [0.3, 0.4) is 0 Å². The molecule has 2 aromatic rings. The van der Waals surface area contributed by atoms with Gasteiger partial charge in [0.1, 0.15) is 18.0 Å². The number of nitrogens with one attached hydrogen (secondary N) is 1. The maximum atomic E-state index is 14.1. The monoisotopic (exact) mass is 617 g/mol. The van der Waals surface area contributed by atoms with Gasteiger partial charge in [-0.15, -0.1) is 0 Å². The molecule has 0 aliphatic carbocycles. The molecule has 0 aromatic heterocycles. The molecule has 2 fully saturated rings. The number of nitrogens with zero attached hydrogens (tertiary/aromatic N) is 4. The first-order valence-electron chi connectivity index (χ1n) is 15.0. The number of benzene rings is 2. The van der Waals surface area contributed by atoms with Crippen molar-refractivity contribution in [3.05, 3.63) is 102 Å². The number of hydrazine groups is 1. The van der Waals surface area contributed by atoms with E-state index in [0.717, 1.165) is 22.4 Å². The number of fused-ring (bicyclic) bond motifs is 1. The number of aliphatic carboxylic acids is 1. The van der Waals surface area contributed by atoms with Crippen LogP contribution in [0.1, 0.15) is 36.8 Å². The van der Waals surface area contributed by atoms with Crippen molar-refractivity contribution in [1.29, 1.82) is 0 Å². The lowest BCUT2D eigenvalue weighted by Gasteiger charge is -2.56. The van der Waals surface area contributed by atoms with Crippen LogP contribution in [0.25, 0.3) is 0 Å². The van der Waals surface area contributed by atoms with E-state index in [4.69, 9.17) is 4.74 Å². The predicted molar refractivity (Wildman–Crippen MR) is 170 cm³/mol. The van der Waals surface area contributed by atoms with E-state index in [2.05, 4.69) is 11.9 Å². The summed E-state index contributed by atoms with van der Waals surface area (Å²) < 4.78 is 5.23. The molecule has 11 nitrogen and oxygen atoms in total. The number of carboxylic acids is 1. The van der Waals surface area contributed by atoms with Crippen molar-refractivity contribution in [2.45, 2.75) is 50.8 Å². The smallest absolute Gasteiger partial charge is 0.303 e. The van der Waals surface area contributed by atoms with E-state index in [1.54, 1.807) is 35.2 Å². The Bertz CT molecular complexity index is 1400. The number of carbonyl (C=O) groups is 3. The highest BCUT2D eigenvalue weighted by atomic mass is 16.5. The second-order valence-electron chi connectivity index (χ2n) is 11.1. The number of aliphatic hydroxyl groups is 1. The van der Waals surface area contributed by atoms with Crippen LogP contribution in [0.15, 0.2) is 91.1 Å². The lowest BCUT2D eigenvalue weighted by Crippen LogP contribution is -2.77. The highest BCUT2D eigenvalue weighted by Crippen LogP contribution is 2.32. The average molecular weight is 618 g/mol. The van der Waals surface area contributed by atoms with Crippen LogP contribution in [0.5, 0.6) is 5.75 Å². The number of amides is 2. The summed E-state index contributed by atoms with van der Waals surface area (Å²) in [5, 5.41) is 27.4. The minimum atomic E-state index is -1.21. The van der Waals surface area contributed by atoms with Crippen molar-refractivity contribution in [3.8, 4) is 5.75 Å². The molecule has 4 rings (SSSR count). The number of methoxy groups -OCH3 is 1. The Balaban J connectivity index is 1.67. The molecule has 2 aliphatic heterocycles. The molecule has 0 radical (unpaired) electrons. The maximum absolute atomic E-state index is 14.1. The van der Waals surface area contributed by atoms with E-state index in [1.165, 1.54) is 4.90 Å². The van der Waals surface area contributed by atoms with Crippen molar-refractivity contribution in [1.82, 2.24) is 25.1 Å². The van der Waals surface area contributed by atoms with Gasteiger partial charge in [0.25, 0.3) is 0 Å². The summed E-state index contributed by atoms with van der Waals surface area (Å²) >= 11 is 0. The van der Waals surface area contributed by atoms with E-state index in [0.29, 0.717) is 13.1 Å². The Hall–Kier alpha value is -4.29. The molecule has 3 N–H and O–H groups in total. The highest BCUT2D eigenvalue weighted by Gasteiger charge is 2.51. The first-order chi connectivity index (χ1) is 21.7. The first-order valence-corrected chi connectivity index (χ1v) is 15.0. The second kappa shape index (κ2) is 15.6. The lowest BCUT2D eigenvalue weighted by atomic mass is 9.89. The number of ether oxygens (including phenoxy) is 1. The second-order valence-corrected chi connectivity index (χ2v) is 11.1. The highest BCUT2D eigenvalue weighted by molar-refractivity contribution is 5.90. The van der Waals surface area contributed by atoms with Gasteiger partial charge in [-0.25, -0.2) is 5.01 Å². The van der Waals surface area contributed by atoms with Crippen LogP contribution in [-0.4, -0.2) is 100 Å². The molecular weight excluding hydrogens is 574 g/mol. The number of hydrogen-bond acceptors (Lipinski definition) is 8. The molecule has 2 heterocycles. The summed E-state index contributed by atoms with van der Waals surface area (Å²) in [6.07, 6.45) is 5.24. The molecular formula is C34H43N5O6. The van der Waals surface area contributed by atoms with Crippen molar-refractivity contribution >= 4 is 17.8 Å². The lowest BCUT2D eigenvalue weighted by molar-refractivity contribution is -0.241. The summed E-state index contributed by atoms with van der Waals surface area (Å²) in [5.74, 6) is -1.14. The molecule has 2 aliphatic rings. The third-order valence-corrected chi connectivity index (χ3v) is 8.28.